The topological polar surface area (TPSA) is 12.0 Å². The molecule has 0 bridgehead atoms. The number of alkyl halides is 3. The van der Waals surface area contributed by atoms with Crippen molar-refractivity contribution >= 4 is 28.9 Å². The molecule has 1 aliphatic carbocycles. The summed E-state index contributed by atoms with van der Waals surface area (Å²) in [5.41, 5.74) is 0.972. The van der Waals surface area contributed by atoms with E-state index in [1.165, 1.54) is 6.07 Å². The van der Waals surface area contributed by atoms with E-state index in [9.17, 15) is 13.2 Å². The molecule has 0 aromatic heterocycles. The van der Waals surface area contributed by atoms with E-state index in [1.54, 1.807) is 24.3 Å². The predicted octanol–water partition coefficient (Wildman–Crippen LogP) is 6.84. The number of halogens is 5. The first-order chi connectivity index (χ1) is 11.9. The van der Waals surface area contributed by atoms with Crippen molar-refractivity contribution in [3.8, 4) is 0 Å². The zero-order valence-electron chi connectivity index (χ0n) is 12.9. The normalized spacial score (nSPS) is 24.6. The van der Waals surface area contributed by atoms with E-state index >= 15 is 0 Å². The van der Waals surface area contributed by atoms with Gasteiger partial charge in [-0.1, -0.05) is 53.6 Å². The molecule has 0 radical (unpaired) electrons. The first-order valence-electron chi connectivity index (χ1n) is 7.94. The van der Waals surface area contributed by atoms with E-state index in [1.807, 2.05) is 12.2 Å². The van der Waals surface area contributed by atoms with Gasteiger partial charge in [-0.25, -0.2) is 0 Å². The molecule has 6 heteroatoms. The Morgan fingerprint density at radius 1 is 1.04 bits per heavy atom. The Morgan fingerprint density at radius 3 is 2.56 bits per heavy atom. The van der Waals surface area contributed by atoms with Gasteiger partial charge in [0.1, 0.15) is 0 Å². The second kappa shape index (κ2) is 5.96. The standard InChI is InChI=1S/C19H14Cl2F3N/c20-10-7-8-14(16(21)9-10)17-12-4-1-3-11(12)13-5-2-6-15(18(13)25-17)19(22,23)24/h1-3,5-9,11-12,17,25H,4H2/t11-,12-,17+/m0/s1. The third-order valence-corrected chi connectivity index (χ3v) is 5.56. The number of para-hydroxylation sites is 1. The van der Waals surface area contributed by atoms with Crippen molar-refractivity contribution in [1.82, 2.24) is 0 Å². The van der Waals surface area contributed by atoms with E-state index in [0.717, 1.165) is 18.1 Å². The monoisotopic (exact) mass is 383 g/mol. The summed E-state index contributed by atoms with van der Waals surface area (Å²) in [5.74, 6) is 0.0601. The fourth-order valence-corrected chi connectivity index (χ4v) is 4.45. The van der Waals surface area contributed by atoms with E-state index < -0.39 is 11.7 Å². The largest absolute Gasteiger partial charge is 0.418 e. The lowest BCUT2D eigenvalue weighted by Crippen LogP contribution is -2.31. The molecular formula is C19H14Cl2F3N. The highest BCUT2D eigenvalue weighted by Gasteiger charge is 2.43. The van der Waals surface area contributed by atoms with Gasteiger partial charge in [-0.2, -0.15) is 13.2 Å². The summed E-state index contributed by atoms with van der Waals surface area (Å²) in [6, 6.07) is 9.19. The number of nitrogens with one attached hydrogen (secondary N) is 1. The molecule has 1 N–H and O–H groups in total. The third kappa shape index (κ3) is 2.81. The Bertz CT molecular complexity index is 860. The highest BCUT2D eigenvalue weighted by molar-refractivity contribution is 6.35. The molecule has 1 nitrogen and oxygen atoms in total. The molecule has 0 saturated heterocycles. The van der Waals surface area contributed by atoms with Gasteiger partial charge in [0.2, 0.25) is 0 Å². The number of rotatable bonds is 1. The lowest BCUT2D eigenvalue weighted by molar-refractivity contribution is -0.137. The molecule has 1 heterocycles. The summed E-state index contributed by atoms with van der Waals surface area (Å²) in [7, 11) is 0. The van der Waals surface area contributed by atoms with Crippen molar-refractivity contribution < 1.29 is 13.2 Å². The molecule has 1 aliphatic heterocycles. The van der Waals surface area contributed by atoms with Crippen molar-refractivity contribution in [3.63, 3.8) is 0 Å². The quantitative estimate of drug-likeness (QED) is 0.531. The van der Waals surface area contributed by atoms with E-state index in [0.29, 0.717) is 15.6 Å². The number of anilines is 1. The van der Waals surface area contributed by atoms with Gasteiger partial charge >= 0.3 is 6.18 Å². The molecular weight excluding hydrogens is 370 g/mol. The van der Waals surface area contributed by atoms with Gasteiger partial charge in [0.05, 0.1) is 17.3 Å². The highest BCUT2D eigenvalue weighted by atomic mass is 35.5. The van der Waals surface area contributed by atoms with Crippen molar-refractivity contribution in [2.45, 2.75) is 24.6 Å². The van der Waals surface area contributed by atoms with Crippen LogP contribution in [0.4, 0.5) is 18.9 Å². The fourth-order valence-electron chi connectivity index (χ4n) is 3.92. The summed E-state index contributed by atoms with van der Waals surface area (Å²) in [6.45, 7) is 0. The molecule has 0 amide bonds. The Morgan fingerprint density at radius 2 is 1.84 bits per heavy atom. The molecule has 0 fully saturated rings. The van der Waals surface area contributed by atoms with Crippen LogP contribution in [0.15, 0.2) is 48.6 Å². The molecule has 0 spiro atoms. The smallest absolute Gasteiger partial charge is 0.377 e. The van der Waals surface area contributed by atoms with E-state index in [4.69, 9.17) is 23.2 Å². The van der Waals surface area contributed by atoms with Crippen LogP contribution in [-0.4, -0.2) is 0 Å². The van der Waals surface area contributed by atoms with Crippen LogP contribution >= 0.6 is 23.2 Å². The minimum atomic E-state index is -4.41. The van der Waals surface area contributed by atoms with Crippen LogP contribution in [0.5, 0.6) is 0 Å². The Kier molecular flexibility index (Phi) is 4.00. The minimum Gasteiger partial charge on any atom is -0.377 e. The first-order valence-corrected chi connectivity index (χ1v) is 8.70. The summed E-state index contributed by atoms with van der Waals surface area (Å²) in [6.07, 6.45) is 0.406. The molecule has 130 valence electrons. The van der Waals surface area contributed by atoms with Gasteiger partial charge in [-0.3, -0.25) is 0 Å². The first kappa shape index (κ1) is 16.8. The van der Waals surface area contributed by atoms with Gasteiger partial charge in [0.15, 0.2) is 0 Å². The maximum absolute atomic E-state index is 13.5. The van der Waals surface area contributed by atoms with Gasteiger partial charge < -0.3 is 5.32 Å². The molecule has 3 atom stereocenters. The summed E-state index contributed by atoms with van der Waals surface area (Å²) in [4.78, 5) is 0. The fraction of sp³-hybridized carbons (Fsp3) is 0.263. The van der Waals surface area contributed by atoms with Crippen LogP contribution in [0, 0.1) is 5.92 Å². The van der Waals surface area contributed by atoms with Gasteiger partial charge in [-0.05, 0) is 41.7 Å². The van der Waals surface area contributed by atoms with Crippen molar-refractivity contribution in [3.05, 3.63) is 75.3 Å². The zero-order valence-corrected chi connectivity index (χ0v) is 14.5. The average Bonchev–Trinajstić information content (AvgIpc) is 3.03. The number of fused-ring (bicyclic) bond motifs is 3. The summed E-state index contributed by atoms with van der Waals surface area (Å²) >= 11 is 12.3. The van der Waals surface area contributed by atoms with Crippen LogP contribution in [0.3, 0.4) is 0 Å². The van der Waals surface area contributed by atoms with Gasteiger partial charge in [-0.15, -0.1) is 0 Å². The van der Waals surface area contributed by atoms with Crippen LogP contribution in [0.1, 0.15) is 35.1 Å². The molecule has 2 aromatic rings. The Balaban J connectivity index is 1.86. The summed E-state index contributed by atoms with van der Waals surface area (Å²) < 4.78 is 40.4. The number of allylic oxidation sites excluding steroid dienone is 2. The van der Waals surface area contributed by atoms with Crippen molar-refractivity contribution in [2.75, 3.05) is 5.32 Å². The Labute approximate surface area is 153 Å². The zero-order chi connectivity index (χ0) is 17.8. The molecule has 0 saturated carbocycles. The van der Waals surface area contributed by atoms with Crippen LogP contribution in [0.2, 0.25) is 10.0 Å². The number of hydrogen-bond acceptors (Lipinski definition) is 1. The van der Waals surface area contributed by atoms with Gasteiger partial charge in [0, 0.05) is 16.0 Å². The molecule has 2 aromatic carbocycles. The minimum absolute atomic E-state index is 0.0599. The molecule has 0 unspecified atom stereocenters. The highest BCUT2D eigenvalue weighted by Crippen LogP contribution is 2.53. The number of benzene rings is 2. The van der Waals surface area contributed by atoms with E-state index in [2.05, 4.69) is 5.32 Å². The molecule has 25 heavy (non-hydrogen) atoms. The van der Waals surface area contributed by atoms with Gasteiger partial charge in [0.25, 0.3) is 0 Å². The molecule has 2 aliphatic rings. The molecule has 4 rings (SSSR count). The lowest BCUT2D eigenvalue weighted by atomic mass is 9.76. The maximum Gasteiger partial charge on any atom is 0.418 e. The number of hydrogen-bond donors (Lipinski definition) is 1. The predicted molar refractivity (Wildman–Crippen MR) is 94.3 cm³/mol. The average molecular weight is 384 g/mol. The van der Waals surface area contributed by atoms with Crippen LogP contribution < -0.4 is 5.32 Å². The second-order valence-corrected chi connectivity index (χ2v) is 7.25. The summed E-state index contributed by atoms with van der Waals surface area (Å²) in [5, 5.41) is 4.10. The van der Waals surface area contributed by atoms with Crippen molar-refractivity contribution in [2.24, 2.45) is 5.92 Å². The SMILES string of the molecule is FC(F)(F)c1cccc2c1N[C@@H](c1ccc(Cl)cc1Cl)[C@H]1CC=C[C@H]21. The van der Waals surface area contributed by atoms with Crippen molar-refractivity contribution in [1.29, 1.82) is 0 Å². The maximum atomic E-state index is 13.5. The lowest BCUT2D eigenvalue weighted by Gasteiger charge is -2.39. The van der Waals surface area contributed by atoms with E-state index in [-0.39, 0.29) is 23.6 Å². The second-order valence-electron chi connectivity index (χ2n) is 6.41. The third-order valence-electron chi connectivity index (χ3n) is 5.00. The Hall–Kier alpha value is -1.65. The van der Waals surface area contributed by atoms with Crippen LogP contribution in [0.25, 0.3) is 0 Å². The van der Waals surface area contributed by atoms with Crippen LogP contribution in [-0.2, 0) is 6.18 Å².